The summed E-state index contributed by atoms with van der Waals surface area (Å²) in [5.41, 5.74) is 0.0346. The van der Waals surface area contributed by atoms with Crippen LogP contribution < -0.4 is 9.47 Å². The molecule has 2 rings (SSSR count). The Morgan fingerprint density at radius 3 is 2.33 bits per heavy atom. The first-order valence-corrected chi connectivity index (χ1v) is 6.33. The van der Waals surface area contributed by atoms with Crippen molar-refractivity contribution < 1.29 is 32.5 Å². The van der Waals surface area contributed by atoms with Gasteiger partial charge in [-0.05, 0) is 17.7 Å². The molecule has 21 heavy (non-hydrogen) atoms. The van der Waals surface area contributed by atoms with Gasteiger partial charge in [-0.1, -0.05) is 13.0 Å². The van der Waals surface area contributed by atoms with Crippen molar-refractivity contribution in [2.24, 2.45) is 5.92 Å². The van der Waals surface area contributed by atoms with E-state index in [1.165, 1.54) is 18.2 Å². The fourth-order valence-corrected chi connectivity index (χ4v) is 2.27. The maximum absolute atomic E-state index is 12.8. The summed E-state index contributed by atoms with van der Waals surface area (Å²) >= 11 is 0. The monoisotopic (exact) mass is 304 g/mol. The van der Waals surface area contributed by atoms with Crippen molar-refractivity contribution in [3.8, 4) is 11.5 Å². The van der Waals surface area contributed by atoms with Gasteiger partial charge in [0.25, 0.3) is 0 Å². The van der Waals surface area contributed by atoms with Crippen molar-refractivity contribution in [3.05, 3.63) is 23.8 Å². The van der Waals surface area contributed by atoms with Crippen LogP contribution in [0.4, 0.5) is 13.2 Å². The molecule has 7 heteroatoms. The number of hydrogen-bond donors (Lipinski definition) is 1. The van der Waals surface area contributed by atoms with Gasteiger partial charge in [0, 0.05) is 13.8 Å². The minimum absolute atomic E-state index is 0.0346. The molecule has 0 fully saturated rings. The quantitative estimate of drug-likeness (QED) is 0.927. The highest BCUT2D eigenvalue weighted by molar-refractivity contribution is 5.77. The Morgan fingerprint density at radius 2 is 1.81 bits per heavy atom. The van der Waals surface area contributed by atoms with E-state index < -0.39 is 29.8 Å². The first kappa shape index (κ1) is 15.5. The number of rotatable bonds is 3. The first-order valence-electron chi connectivity index (χ1n) is 6.33. The van der Waals surface area contributed by atoms with Gasteiger partial charge in [-0.2, -0.15) is 13.2 Å². The van der Waals surface area contributed by atoms with Crippen LogP contribution in [0, 0.1) is 5.92 Å². The van der Waals surface area contributed by atoms with Gasteiger partial charge < -0.3 is 14.6 Å². The Hall–Kier alpha value is -1.92. The predicted molar refractivity (Wildman–Crippen MR) is 67.4 cm³/mol. The Bertz CT molecular complexity index is 566. The Labute approximate surface area is 119 Å². The first-order chi connectivity index (χ1) is 9.51. The van der Waals surface area contributed by atoms with E-state index in [4.69, 9.17) is 14.6 Å². The fraction of sp³-hybridized carbons (Fsp3) is 0.500. The van der Waals surface area contributed by atoms with Crippen LogP contribution in [-0.2, 0) is 4.79 Å². The normalized spacial score (nSPS) is 19.1. The van der Waals surface area contributed by atoms with Crippen LogP contribution >= 0.6 is 0 Å². The zero-order valence-electron chi connectivity index (χ0n) is 11.7. The molecule has 1 aliphatic heterocycles. The van der Waals surface area contributed by atoms with E-state index in [-0.39, 0.29) is 11.3 Å². The molecule has 0 amide bonds. The molecule has 1 aromatic carbocycles. The van der Waals surface area contributed by atoms with Crippen LogP contribution in [0.3, 0.4) is 0 Å². The van der Waals surface area contributed by atoms with E-state index in [2.05, 4.69) is 0 Å². The van der Waals surface area contributed by atoms with Crippen LogP contribution in [0.5, 0.6) is 11.5 Å². The third-order valence-electron chi connectivity index (χ3n) is 3.32. The van der Waals surface area contributed by atoms with Crippen molar-refractivity contribution in [1.82, 2.24) is 0 Å². The molecule has 0 aromatic heterocycles. The summed E-state index contributed by atoms with van der Waals surface area (Å²) in [7, 11) is 0. The molecule has 1 heterocycles. The van der Waals surface area contributed by atoms with Crippen LogP contribution in [0.15, 0.2) is 18.2 Å². The number of ether oxygens (including phenoxy) is 2. The van der Waals surface area contributed by atoms with Gasteiger partial charge >= 0.3 is 12.1 Å². The zero-order valence-corrected chi connectivity index (χ0v) is 11.7. The highest BCUT2D eigenvalue weighted by Crippen LogP contribution is 2.43. The lowest BCUT2D eigenvalue weighted by Crippen LogP contribution is -2.31. The van der Waals surface area contributed by atoms with E-state index in [9.17, 15) is 18.0 Å². The number of halogens is 3. The Kier molecular flexibility index (Phi) is 3.55. The molecule has 0 radical (unpaired) electrons. The summed E-state index contributed by atoms with van der Waals surface area (Å²) in [4.78, 5) is 11.2. The second-order valence-corrected chi connectivity index (χ2v) is 5.46. The minimum atomic E-state index is -4.60. The molecule has 1 aromatic rings. The average molecular weight is 304 g/mol. The van der Waals surface area contributed by atoms with Crippen molar-refractivity contribution in [3.63, 3.8) is 0 Å². The molecule has 0 spiro atoms. The predicted octanol–water partition coefficient (Wildman–Crippen LogP) is 3.56. The largest absolute Gasteiger partial charge is 0.481 e. The summed E-state index contributed by atoms with van der Waals surface area (Å²) < 4.78 is 49.3. The fourth-order valence-electron chi connectivity index (χ4n) is 2.27. The van der Waals surface area contributed by atoms with Gasteiger partial charge in [-0.3, -0.25) is 4.79 Å². The summed E-state index contributed by atoms with van der Waals surface area (Å²) in [6, 6.07) is 4.05. The second kappa shape index (κ2) is 4.82. The van der Waals surface area contributed by atoms with Crippen LogP contribution in [0.25, 0.3) is 0 Å². The molecule has 0 bridgehead atoms. The third kappa shape index (κ3) is 3.06. The molecule has 4 nitrogen and oxygen atoms in total. The molecule has 1 aliphatic rings. The number of benzene rings is 1. The highest BCUT2D eigenvalue weighted by atomic mass is 19.4. The van der Waals surface area contributed by atoms with Crippen molar-refractivity contribution in [1.29, 1.82) is 0 Å². The van der Waals surface area contributed by atoms with E-state index in [1.54, 1.807) is 13.8 Å². The van der Waals surface area contributed by atoms with E-state index in [0.717, 1.165) is 6.92 Å². The second-order valence-electron chi connectivity index (χ2n) is 5.46. The van der Waals surface area contributed by atoms with Crippen LogP contribution in [0.2, 0.25) is 0 Å². The zero-order chi connectivity index (χ0) is 16.0. The Morgan fingerprint density at radius 1 is 1.24 bits per heavy atom. The molecule has 0 aliphatic carbocycles. The van der Waals surface area contributed by atoms with Crippen molar-refractivity contribution >= 4 is 5.97 Å². The van der Waals surface area contributed by atoms with Gasteiger partial charge in [0.2, 0.25) is 5.79 Å². The molecule has 0 saturated heterocycles. The number of carbonyl (C=O) groups is 1. The molecule has 0 unspecified atom stereocenters. The van der Waals surface area contributed by atoms with Gasteiger partial charge in [0.05, 0.1) is 11.8 Å². The number of fused-ring (bicyclic) bond motifs is 1. The number of carboxylic acid groups (broad SMARTS) is 1. The van der Waals surface area contributed by atoms with Crippen molar-refractivity contribution in [2.45, 2.75) is 38.7 Å². The lowest BCUT2D eigenvalue weighted by Gasteiger charge is -2.23. The van der Waals surface area contributed by atoms with Gasteiger partial charge in [0.15, 0.2) is 11.5 Å². The number of aliphatic carboxylic acids is 1. The van der Waals surface area contributed by atoms with Gasteiger partial charge in [-0.15, -0.1) is 0 Å². The SMILES string of the molecule is C[C@H]([C@@H](C(=O)O)c1ccc2c(c1)OC(C)(C)O2)C(F)(F)F. The average Bonchev–Trinajstić information content (AvgIpc) is 2.60. The van der Waals surface area contributed by atoms with E-state index in [1.807, 2.05) is 0 Å². The minimum Gasteiger partial charge on any atom is -0.481 e. The third-order valence-corrected chi connectivity index (χ3v) is 3.32. The van der Waals surface area contributed by atoms with Gasteiger partial charge in [-0.25, -0.2) is 0 Å². The van der Waals surface area contributed by atoms with Gasteiger partial charge in [0.1, 0.15) is 0 Å². The van der Waals surface area contributed by atoms with E-state index in [0.29, 0.717) is 5.75 Å². The maximum atomic E-state index is 12.8. The molecule has 1 N–H and O–H groups in total. The lowest BCUT2D eigenvalue weighted by atomic mass is 9.86. The molecule has 2 atom stereocenters. The van der Waals surface area contributed by atoms with Crippen LogP contribution in [0.1, 0.15) is 32.3 Å². The van der Waals surface area contributed by atoms with E-state index >= 15 is 0 Å². The molecular weight excluding hydrogens is 289 g/mol. The Balaban J connectivity index is 2.38. The number of carboxylic acids is 1. The molecular formula is C14H15F3O4. The smallest absolute Gasteiger partial charge is 0.392 e. The lowest BCUT2D eigenvalue weighted by molar-refractivity contribution is -0.183. The number of alkyl halides is 3. The topological polar surface area (TPSA) is 55.8 Å². The standard InChI is InChI=1S/C14H15F3O4/c1-7(14(15,16)17)11(12(18)19)8-4-5-9-10(6-8)21-13(2,3)20-9/h4-7,11H,1-3H3,(H,18,19)/t7-,11-/m1/s1. The summed E-state index contributed by atoms with van der Waals surface area (Å²) in [5, 5.41) is 9.14. The summed E-state index contributed by atoms with van der Waals surface area (Å²) in [5.74, 6) is -5.52. The molecule has 116 valence electrons. The highest BCUT2D eigenvalue weighted by Gasteiger charge is 2.45. The number of hydrogen-bond acceptors (Lipinski definition) is 3. The summed E-state index contributed by atoms with van der Waals surface area (Å²) in [6.45, 7) is 4.16. The maximum Gasteiger partial charge on any atom is 0.392 e. The molecule has 0 saturated carbocycles. The van der Waals surface area contributed by atoms with Crippen LogP contribution in [-0.4, -0.2) is 23.0 Å². The van der Waals surface area contributed by atoms with Crippen molar-refractivity contribution in [2.75, 3.05) is 0 Å². The summed E-state index contributed by atoms with van der Waals surface area (Å²) in [6.07, 6.45) is -4.60.